The van der Waals surface area contributed by atoms with E-state index < -0.39 is 17.8 Å². The van der Waals surface area contributed by atoms with Crippen molar-refractivity contribution in [3.63, 3.8) is 0 Å². The highest BCUT2D eigenvalue weighted by atomic mass is 35.5. The van der Waals surface area contributed by atoms with Gasteiger partial charge in [-0.1, -0.05) is 71.5 Å². The maximum Gasteiger partial charge on any atom is 0.338 e. The molecular weight excluding hydrogens is 527 g/mol. The maximum atomic E-state index is 13.9. The maximum absolute atomic E-state index is 13.9. The number of esters is 1. The fourth-order valence-electron chi connectivity index (χ4n) is 4.32. The first kappa shape index (κ1) is 25.6. The molecule has 2 heterocycles. The Hall–Kier alpha value is -4.01. The Kier molecular flexibility index (Phi) is 7.26. The van der Waals surface area contributed by atoms with Gasteiger partial charge in [-0.15, -0.1) is 0 Å². The number of ether oxygens (including phenoxy) is 2. The molecular formula is C29H22ClFN2O4S. The second kappa shape index (κ2) is 10.8. The van der Waals surface area contributed by atoms with Gasteiger partial charge in [0, 0.05) is 5.56 Å². The van der Waals surface area contributed by atoms with Gasteiger partial charge >= 0.3 is 5.97 Å². The molecule has 1 aliphatic rings. The number of hydrogen-bond donors (Lipinski definition) is 0. The van der Waals surface area contributed by atoms with Gasteiger partial charge < -0.3 is 9.47 Å². The van der Waals surface area contributed by atoms with E-state index in [1.807, 2.05) is 30.3 Å². The van der Waals surface area contributed by atoms with Crippen molar-refractivity contribution < 1.29 is 18.7 Å². The number of methoxy groups -OCH3 is 1. The summed E-state index contributed by atoms with van der Waals surface area (Å²) in [5, 5.41) is 0.411. The van der Waals surface area contributed by atoms with E-state index in [2.05, 4.69) is 0 Å². The lowest BCUT2D eigenvalue weighted by atomic mass is 9.93. The fourth-order valence-corrected chi connectivity index (χ4v) is 5.59. The van der Waals surface area contributed by atoms with Crippen LogP contribution in [-0.2, 0) is 9.53 Å². The Morgan fingerprint density at radius 3 is 2.53 bits per heavy atom. The SMILES string of the molecule is CCOC(=O)C1=C(c2ccccc2)N=c2s/c(=C/c3ccc(OC)c(Cl)c3)c(=O)n2[C@H]1c1ccc(F)cc1. The Balaban J connectivity index is 1.80. The van der Waals surface area contributed by atoms with Gasteiger partial charge in [-0.3, -0.25) is 9.36 Å². The van der Waals surface area contributed by atoms with Crippen molar-refractivity contribution in [2.75, 3.05) is 13.7 Å². The average molecular weight is 549 g/mol. The molecule has 0 N–H and O–H groups in total. The molecule has 1 aliphatic heterocycles. The second-order valence-corrected chi connectivity index (χ2v) is 9.79. The zero-order chi connectivity index (χ0) is 26.8. The third kappa shape index (κ3) is 4.80. The third-order valence-electron chi connectivity index (χ3n) is 6.03. The summed E-state index contributed by atoms with van der Waals surface area (Å²) in [7, 11) is 1.53. The number of thiazole rings is 1. The van der Waals surface area contributed by atoms with Crippen LogP contribution in [0.15, 0.2) is 88.2 Å². The van der Waals surface area contributed by atoms with Crippen molar-refractivity contribution in [2.24, 2.45) is 4.99 Å². The van der Waals surface area contributed by atoms with E-state index in [9.17, 15) is 14.0 Å². The van der Waals surface area contributed by atoms with Gasteiger partial charge in [0.1, 0.15) is 11.6 Å². The van der Waals surface area contributed by atoms with Gasteiger partial charge in [0.05, 0.1) is 40.6 Å². The van der Waals surface area contributed by atoms with Crippen LogP contribution >= 0.6 is 22.9 Å². The Labute approximate surface area is 226 Å². The van der Waals surface area contributed by atoms with Gasteiger partial charge in [-0.2, -0.15) is 0 Å². The molecule has 0 saturated heterocycles. The molecule has 0 spiro atoms. The first-order valence-corrected chi connectivity index (χ1v) is 13.0. The third-order valence-corrected chi connectivity index (χ3v) is 7.31. The van der Waals surface area contributed by atoms with Crippen LogP contribution in [0.5, 0.6) is 5.75 Å². The number of hydrogen-bond acceptors (Lipinski definition) is 6. The van der Waals surface area contributed by atoms with E-state index in [1.54, 1.807) is 43.3 Å². The van der Waals surface area contributed by atoms with Crippen molar-refractivity contribution in [3.05, 3.63) is 126 Å². The lowest BCUT2D eigenvalue weighted by molar-refractivity contribution is -0.138. The van der Waals surface area contributed by atoms with Gasteiger partial charge in [-0.05, 0) is 48.4 Å². The molecule has 0 amide bonds. The van der Waals surface area contributed by atoms with Crippen LogP contribution in [0.2, 0.25) is 5.02 Å². The molecule has 0 fully saturated rings. The number of fused-ring (bicyclic) bond motifs is 1. The predicted octanol–water partition coefficient (Wildman–Crippen LogP) is 4.74. The molecule has 9 heteroatoms. The summed E-state index contributed by atoms with van der Waals surface area (Å²) in [6.45, 7) is 1.85. The molecule has 0 bridgehead atoms. The standard InChI is InChI=1S/C29H22ClFN2O4S/c1-3-37-28(35)24-25(18-7-5-4-6-8-18)32-29-33(26(24)19-10-12-20(31)13-11-19)27(34)23(38-29)16-17-9-14-22(36-2)21(30)15-17/h4-16,26H,3H2,1-2H3/b23-16+/t26-/m0/s1. The first-order chi connectivity index (χ1) is 18.4. The van der Waals surface area contributed by atoms with Crippen LogP contribution < -0.4 is 19.6 Å². The predicted molar refractivity (Wildman–Crippen MR) is 145 cm³/mol. The molecule has 0 aliphatic carbocycles. The number of benzene rings is 3. The van der Waals surface area contributed by atoms with Crippen molar-refractivity contribution in [1.82, 2.24) is 4.57 Å². The van der Waals surface area contributed by atoms with Crippen molar-refractivity contribution in [3.8, 4) is 5.75 Å². The minimum atomic E-state index is -0.872. The monoisotopic (exact) mass is 548 g/mol. The van der Waals surface area contributed by atoms with E-state index >= 15 is 0 Å². The van der Waals surface area contributed by atoms with Crippen molar-refractivity contribution >= 4 is 40.7 Å². The molecule has 0 radical (unpaired) electrons. The summed E-state index contributed by atoms with van der Waals surface area (Å²) < 4.78 is 26.4. The number of nitrogens with zero attached hydrogens (tertiary/aromatic N) is 2. The van der Waals surface area contributed by atoms with Crippen molar-refractivity contribution in [1.29, 1.82) is 0 Å². The van der Waals surface area contributed by atoms with Gasteiger partial charge in [0.2, 0.25) is 0 Å². The van der Waals surface area contributed by atoms with E-state index in [4.69, 9.17) is 26.1 Å². The molecule has 5 rings (SSSR count). The number of carbonyl (C=O) groups is 1. The zero-order valence-electron chi connectivity index (χ0n) is 20.5. The molecule has 1 aromatic heterocycles. The Bertz CT molecular complexity index is 1730. The summed E-state index contributed by atoms with van der Waals surface area (Å²) in [6.07, 6.45) is 1.72. The summed E-state index contributed by atoms with van der Waals surface area (Å²) in [4.78, 5) is 32.4. The topological polar surface area (TPSA) is 69.9 Å². The van der Waals surface area contributed by atoms with Crippen LogP contribution in [0.25, 0.3) is 11.8 Å². The molecule has 1 atom stereocenters. The van der Waals surface area contributed by atoms with Crippen molar-refractivity contribution in [2.45, 2.75) is 13.0 Å². The largest absolute Gasteiger partial charge is 0.495 e. The van der Waals surface area contributed by atoms with Crippen LogP contribution in [-0.4, -0.2) is 24.3 Å². The second-order valence-electron chi connectivity index (χ2n) is 8.38. The molecule has 0 saturated carbocycles. The summed E-state index contributed by atoms with van der Waals surface area (Å²) in [5.41, 5.74) is 2.21. The zero-order valence-corrected chi connectivity index (χ0v) is 22.1. The molecule has 38 heavy (non-hydrogen) atoms. The van der Waals surface area contributed by atoms with Crippen LogP contribution in [0.1, 0.15) is 29.7 Å². The number of rotatable bonds is 6. The average Bonchev–Trinajstić information content (AvgIpc) is 3.23. The first-order valence-electron chi connectivity index (χ1n) is 11.8. The van der Waals surface area contributed by atoms with Gasteiger partial charge in [0.25, 0.3) is 5.56 Å². The summed E-state index contributed by atoms with van der Waals surface area (Å²) in [6, 6.07) is 19.3. The molecule has 0 unspecified atom stereocenters. The molecule has 3 aromatic carbocycles. The minimum absolute atomic E-state index is 0.142. The fraction of sp³-hybridized carbons (Fsp3) is 0.138. The minimum Gasteiger partial charge on any atom is -0.495 e. The normalized spacial score (nSPS) is 15.2. The van der Waals surface area contributed by atoms with E-state index in [-0.39, 0.29) is 17.7 Å². The van der Waals surface area contributed by atoms with Gasteiger partial charge in [0.15, 0.2) is 4.80 Å². The molecule has 192 valence electrons. The van der Waals surface area contributed by atoms with E-state index in [1.165, 1.54) is 35.1 Å². The lowest BCUT2D eigenvalue weighted by Gasteiger charge is -2.25. The summed E-state index contributed by atoms with van der Waals surface area (Å²) >= 11 is 7.48. The van der Waals surface area contributed by atoms with Crippen LogP contribution in [0.3, 0.4) is 0 Å². The van der Waals surface area contributed by atoms with E-state index in [0.717, 1.165) is 0 Å². The van der Waals surface area contributed by atoms with Gasteiger partial charge in [-0.25, -0.2) is 14.2 Å². The Morgan fingerprint density at radius 2 is 1.87 bits per heavy atom. The molecule has 4 aromatic rings. The van der Waals surface area contributed by atoms with Crippen LogP contribution in [0.4, 0.5) is 4.39 Å². The highest BCUT2D eigenvalue weighted by Crippen LogP contribution is 2.35. The highest BCUT2D eigenvalue weighted by Gasteiger charge is 2.35. The molecule has 6 nitrogen and oxygen atoms in total. The number of halogens is 2. The number of carbonyl (C=O) groups excluding carboxylic acids is 1. The Morgan fingerprint density at radius 1 is 1.13 bits per heavy atom. The summed E-state index contributed by atoms with van der Waals surface area (Å²) in [5.74, 6) is -0.503. The lowest BCUT2D eigenvalue weighted by Crippen LogP contribution is -2.40. The van der Waals surface area contributed by atoms with E-state index in [0.29, 0.717) is 42.5 Å². The number of aromatic nitrogens is 1. The quantitative estimate of drug-likeness (QED) is 0.326. The smallest absolute Gasteiger partial charge is 0.338 e. The van der Waals surface area contributed by atoms with Crippen LogP contribution in [0, 0.1) is 5.82 Å². The highest BCUT2D eigenvalue weighted by molar-refractivity contribution is 7.07.